The van der Waals surface area contributed by atoms with Gasteiger partial charge in [0.2, 0.25) is 5.95 Å². The van der Waals surface area contributed by atoms with Gasteiger partial charge in [-0.1, -0.05) is 48.0 Å². The number of hydrogen-bond donors (Lipinski definition) is 2. The highest BCUT2D eigenvalue weighted by atomic mass is 35.5. The lowest BCUT2D eigenvalue weighted by molar-refractivity contribution is 0.0949. The molecule has 1 aromatic heterocycles. The monoisotopic (exact) mass is 380 g/mol. The summed E-state index contributed by atoms with van der Waals surface area (Å²) < 4.78 is 0. The van der Waals surface area contributed by atoms with E-state index in [4.69, 9.17) is 11.6 Å². The van der Waals surface area contributed by atoms with Gasteiger partial charge >= 0.3 is 0 Å². The van der Waals surface area contributed by atoms with Crippen LogP contribution in [-0.4, -0.2) is 22.4 Å². The lowest BCUT2D eigenvalue weighted by Crippen LogP contribution is -2.27. The molecule has 1 amide bonds. The summed E-state index contributed by atoms with van der Waals surface area (Å²) in [4.78, 5) is 21.2. The number of halogens is 1. The number of nitrogens with one attached hydrogen (secondary N) is 2. The fourth-order valence-electron chi connectivity index (χ4n) is 2.65. The zero-order valence-electron chi connectivity index (χ0n) is 15.3. The van der Waals surface area contributed by atoms with Crippen LogP contribution in [0, 0.1) is 13.8 Å². The maximum atomic E-state index is 12.5. The van der Waals surface area contributed by atoms with E-state index in [9.17, 15) is 4.79 Å². The molecule has 0 atom stereocenters. The highest BCUT2D eigenvalue weighted by molar-refractivity contribution is 6.30. The molecule has 3 aromatic rings. The minimum atomic E-state index is -0.220. The molecule has 27 heavy (non-hydrogen) atoms. The summed E-state index contributed by atoms with van der Waals surface area (Å²) in [6.45, 7) is 4.34. The fraction of sp³-hybridized carbons (Fsp3) is 0.190. The normalized spacial score (nSPS) is 10.5. The van der Waals surface area contributed by atoms with E-state index in [0.29, 0.717) is 28.9 Å². The largest absolute Gasteiger partial charge is 0.350 e. The second-order valence-corrected chi connectivity index (χ2v) is 6.73. The van der Waals surface area contributed by atoms with Gasteiger partial charge < -0.3 is 10.6 Å². The number of amides is 1. The summed E-state index contributed by atoms with van der Waals surface area (Å²) in [6.07, 6.45) is 0.767. The van der Waals surface area contributed by atoms with Gasteiger partial charge in [0.25, 0.3) is 5.91 Å². The summed E-state index contributed by atoms with van der Waals surface area (Å²) in [5, 5.41) is 6.67. The number of carbonyl (C=O) groups is 1. The molecule has 6 heteroatoms. The number of carbonyl (C=O) groups excluding carboxylic acids is 1. The maximum absolute atomic E-state index is 12.5. The number of benzene rings is 2. The summed E-state index contributed by atoms with van der Waals surface area (Å²) in [5.41, 5.74) is 4.04. The average Bonchev–Trinajstić information content (AvgIpc) is 2.65. The van der Waals surface area contributed by atoms with Crippen LogP contribution in [0.25, 0.3) is 0 Å². The molecule has 3 rings (SSSR count). The standard InChI is InChI=1S/C21H21ClN4O/c1-14-8-9-17(22)13-18(14)25-21-24-15(2)12-19(26-21)20(27)23-11-10-16-6-4-3-5-7-16/h3-9,12-13H,10-11H2,1-2H3,(H,23,27)(H,24,25,26). The van der Waals surface area contributed by atoms with Crippen molar-refractivity contribution in [3.8, 4) is 0 Å². The minimum Gasteiger partial charge on any atom is -0.350 e. The van der Waals surface area contributed by atoms with E-state index in [1.54, 1.807) is 6.07 Å². The van der Waals surface area contributed by atoms with Crippen LogP contribution in [0.15, 0.2) is 54.6 Å². The van der Waals surface area contributed by atoms with Gasteiger partial charge in [-0.3, -0.25) is 4.79 Å². The van der Waals surface area contributed by atoms with E-state index < -0.39 is 0 Å². The summed E-state index contributed by atoms with van der Waals surface area (Å²) in [7, 11) is 0. The Balaban J connectivity index is 1.69. The van der Waals surface area contributed by atoms with Crippen molar-refractivity contribution in [2.75, 3.05) is 11.9 Å². The van der Waals surface area contributed by atoms with Gasteiger partial charge in [0.05, 0.1) is 0 Å². The van der Waals surface area contributed by atoms with Gasteiger partial charge in [0, 0.05) is 22.9 Å². The van der Waals surface area contributed by atoms with Gasteiger partial charge in [-0.2, -0.15) is 0 Å². The van der Waals surface area contributed by atoms with Crippen molar-refractivity contribution in [2.45, 2.75) is 20.3 Å². The van der Waals surface area contributed by atoms with Gasteiger partial charge in [-0.25, -0.2) is 9.97 Å². The molecule has 0 aliphatic carbocycles. The van der Waals surface area contributed by atoms with Crippen molar-refractivity contribution in [3.63, 3.8) is 0 Å². The number of hydrogen-bond acceptors (Lipinski definition) is 4. The van der Waals surface area contributed by atoms with E-state index in [-0.39, 0.29) is 5.91 Å². The van der Waals surface area contributed by atoms with Crippen molar-refractivity contribution in [1.82, 2.24) is 15.3 Å². The van der Waals surface area contributed by atoms with Crippen LogP contribution in [0.3, 0.4) is 0 Å². The van der Waals surface area contributed by atoms with E-state index in [2.05, 4.69) is 20.6 Å². The molecule has 138 valence electrons. The molecule has 0 fully saturated rings. The predicted molar refractivity (Wildman–Crippen MR) is 109 cm³/mol. The Morgan fingerprint density at radius 2 is 1.81 bits per heavy atom. The third-order valence-electron chi connectivity index (χ3n) is 4.07. The average molecular weight is 381 g/mol. The zero-order chi connectivity index (χ0) is 19.2. The first-order valence-electron chi connectivity index (χ1n) is 8.72. The van der Waals surface area contributed by atoms with Crippen molar-refractivity contribution in [2.24, 2.45) is 0 Å². The van der Waals surface area contributed by atoms with Crippen LogP contribution in [0.5, 0.6) is 0 Å². The maximum Gasteiger partial charge on any atom is 0.270 e. The van der Waals surface area contributed by atoms with Gasteiger partial charge in [-0.05, 0) is 49.6 Å². The Morgan fingerprint density at radius 1 is 1.04 bits per heavy atom. The molecule has 0 unspecified atom stereocenters. The first-order chi connectivity index (χ1) is 13.0. The summed E-state index contributed by atoms with van der Waals surface area (Å²) >= 11 is 6.06. The highest BCUT2D eigenvalue weighted by Gasteiger charge is 2.11. The lowest BCUT2D eigenvalue weighted by Gasteiger charge is -2.11. The summed E-state index contributed by atoms with van der Waals surface area (Å²) in [5.74, 6) is 0.149. The molecule has 5 nitrogen and oxygen atoms in total. The smallest absolute Gasteiger partial charge is 0.270 e. The SMILES string of the molecule is Cc1cc(C(=O)NCCc2ccccc2)nc(Nc2cc(Cl)ccc2C)n1. The number of rotatable bonds is 6. The van der Waals surface area contributed by atoms with Crippen LogP contribution in [-0.2, 0) is 6.42 Å². The molecule has 0 saturated carbocycles. The van der Waals surface area contributed by atoms with Crippen molar-refractivity contribution >= 4 is 29.1 Å². The fourth-order valence-corrected chi connectivity index (χ4v) is 2.82. The molecular formula is C21H21ClN4O. The van der Waals surface area contributed by atoms with Gasteiger partial charge in [-0.15, -0.1) is 0 Å². The Morgan fingerprint density at radius 3 is 2.59 bits per heavy atom. The topological polar surface area (TPSA) is 66.9 Å². The molecule has 0 radical (unpaired) electrons. The van der Waals surface area contributed by atoms with Crippen LogP contribution in [0.1, 0.15) is 27.3 Å². The number of aromatic nitrogens is 2. The molecule has 0 aliphatic heterocycles. The Kier molecular flexibility index (Phi) is 6.04. The molecule has 2 N–H and O–H groups in total. The van der Waals surface area contributed by atoms with E-state index in [1.807, 2.05) is 62.4 Å². The van der Waals surface area contributed by atoms with Crippen molar-refractivity contribution < 1.29 is 4.79 Å². The first kappa shape index (κ1) is 18.9. The second kappa shape index (κ2) is 8.64. The van der Waals surface area contributed by atoms with Crippen LogP contribution in [0.4, 0.5) is 11.6 Å². The lowest BCUT2D eigenvalue weighted by atomic mass is 10.1. The molecule has 0 aliphatic rings. The Bertz CT molecular complexity index is 944. The van der Waals surface area contributed by atoms with Crippen molar-refractivity contribution in [3.05, 3.63) is 82.1 Å². The molecule has 0 saturated heterocycles. The van der Waals surface area contributed by atoms with Crippen LogP contribution < -0.4 is 10.6 Å². The number of aryl methyl sites for hydroxylation is 2. The zero-order valence-corrected chi connectivity index (χ0v) is 16.0. The number of nitrogens with zero attached hydrogens (tertiary/aromatic N) is 2. The molecule has 0 spiro atoms. The third-order valence-corrected chi connectivity index (χ3v) is 4.31. The van der Waals surface area contributed by atoms with E-state index in [1.165, 1.54) is 5.56 Å². The van der Waals surface area contributed by atoms with E-state index in [0.717, 1.165) is 17.7 Å². The van der Waals surface area contributed by atoms with Crippen molar-refractivity contribution in [1.29, 1.82) is 0 Å². The van der Waals surface area contributed by atoms with Gasteiger partial charge in [0.1, 0.15) is 5.69 Å². The van der Waals surface area contributed by atoms with Crippen LogP contribution in [0.2, 0.25) is 5.02 Å². The molecule has 2 aromatic carbocycles. The Hall–Kier alpha value is -2.92. The third kappa shape index (κ3) is 5.28. The summed E-state index contributed by atoms with van der Waals surface area (Å²) in [6, 6.07) is 17.2. The van der Waals surface area contributed by atoms with Gasteiger partial charge in [0.15, 0.2) is 0 Å². The minimum absolute atomic E-state index is 0.220. The highest BCUT2D eigenvalue weighted by Crippen LogP contribution is 2.22. The second-order valence-electron chi connectivity index (χ2n) is 6.29. The molecule has 1 heterocycles. The molecule has 0 bridgehead atoms. The predicted octanol–water partition coefficient (Wildman–Crippen LogP) is 4.46. The van der Waals surface area contributed by atoms with Crippen LogP contribution >= 0.6 is 11.6 Å². The molecular weight excluding hydrogens is 360 g/mol. The Labute approximate surface area is 163 Å². The number of anilines is 2. The first-order valence-corrected chi connectivity index (χ1v) is 9.10. The quantitative estimate of drug-likeness (QED) is 0.662. The van der Waals surface area contributed by atoms with E-state index >= 15 is 0 Å².